The molecule has 0 saturated carbocycles. The highest BCUT2D eigenvalue weighted by Crippen LogP contribution is 2.22. The Balaban J connectivity index is 1.69. The molecule has 0 spiro atoms. The van der Waals surface area contributed by atoms with Gasteiger partial charge in [-0.3, -0.25) is 4.79 Å². The lowest BCUT2D eigenvalue weighted by atomic mass is 9.98. The van der Waals surface area contributed by atoms with Crippen molar-refractivity contribution in [3.63, 3.8) is 0 Å². The minimum absolute atomic E-state index is 0.102. The van der Waals surface area contributed by atoms with Gasteiger partial charge < -0.3 is 5.32 Å². The van der Waals surface area contributed by atoms with Crippen molar-refractivity contribution in [2.75, 3.05) is 0 Å². The molecule has 134 valence electrons. The van der Waals surface area contributed by atoms with Gasteiger partial charge in [-0.05, 0) is 31.0 Å². The zero-order chi connectivity index (χ0) is 18.8. The maximum Gasteiger partial charge on any atom is 0.291 e. The highest BCUT2D eigenvalue weighted by molar-refractivity contribution is 5.91. The molecule has 2 aromatic heterocycles. The molecular formula is C21H19N5O. The van der Waals surface area contributed by atoms with E-state index in [0.29, 0.717) is 5.78 Å². The number of nitrogens with zero attached hydrogens (tertiary/aromatic N) is 4. The normalized spacial score (nSPS) is 12.1. The van der Waals surface area contributed by atoms with E-state index in [9.17, 15) is 4.79 Å². The zero-order valence-corrected chi connectivity index (χ0v) is 15.1. The number of rotatable bonds is 4. The lowest BCUT2D eigenvalue weighted by Crippen LogP contribution is -2.30. The molecule has 27 heavy (non-hydrogen) atoms. The second-order valence-electron chi connectivity index (χ2n) is 6.46. The van der Waals surface area contributed by atoms with Gasteiger partial charge in [0.1, 0.15) is 0 Å². The smallest absolute Gasteiger partial charge is 0.291 e. The molecule has 0 radical (unpaired) electrons. The molecule has 2 heterocycles. The molecule has 1 amide bonds. The van der Waals surface area contributed by atoms with Crippen LogP contribution in [0.4, 0.5) is 0 Å². The molecule has 0 unspecified atom stereocenters. The van der Waals surface area contributed by atoms with Crippen molar-refractivity contribution in [1.29, 1.82) is 0 Å². The first-order valence-corrected chi connectivity index (χ1v) is 8.72. The van der Waals surface area contributed by atoms with Crippen molar-refractivity contribution < 1.29 is 4.79 Å². The summed E-state index contributed by atoms with van der Waals surface area (Å²) in [5, 5.41) is 7.36. The van der Waals surface area contributed by atoms with E-state index in [1.807, 2.05) is 74.5 Å². The van der Waals surface area contributed by atoms with Crippen LogP contribution in [-0.4, -0.2) is 25.5 Å². The summed E-state index contributed by atoms with van der Waals surface area (Å²) in [6.45, 7) is 3.93. The van der Waals surface area contributed by atoms with Crippen molar-refractivity contribution in [2.24, 2.45) is 0 Å². The van der Waals surface area contributed by atoms with Crippen molar-refractivity contribution in [3.05, 3.63) is 95.1 Å². The van der Waals surface area contributed by atoms with Crippen LogP contribution >= 0.6 is 0 Å². The average Bonchev–Trinajstić information content (AvgIpc) is 3.13. The Kier molecular flexibility index (Phi) is 4.38. The van der Waals surface area contributed by atoms with Gasteiger partial charge in [0, 0.05) is 11.9 Å². The molecule has 1 N–H and O–H groups in total. The van der Waals surface area contributed by atoms with E-state index >= 15 is 0 Å². The van der Waals surface area contributed by atoms with E-state index in [1.54, 1.807) is 10.7 Å². The zero-order valence-electron chi connectivity index (χ0n) is 15.1. The molecule has 6 heteroatoms. The van der Waals surface area contributed by atoms with Gasteiger partial charge in [-0.15, -0.1) is 5.10 Å². The molecule has 0 fully saturated rings. The van der Waals surface area contributed by atoms with Crippen molar-refractivity contribution in [3.8, 4) is 0 Å². The Morgan fingerprint density at radius 3 is 2.37 bits per heavy atom. The predicted molar refractivity (Wildman–Crippen MR) is 102 cm³/mol. The first kappa shape index (κ1) is 16.9. The third kappa shape index (κ3) is 3.42. The Hall–Kier alpha value is -3.54. The summed E-state index contributed by atoms with van der Waals surface area (Å²) in [6, 6.07) is 19.5. The minimum atomic E-state index is -0.339. The quantitative estimate of drug-likeness (QED) is 0.608. The van der Waals surface area contributed by atoms with E-state index in [1.165, 1.54) is 5.56 Å². The van der Waals surface area contributed by atoms with Crippen LogP contribution in [0.1, 0.15) is 39.0 Å². The maximum absolute atomic E-state index is 12.9. The van der Waals surface area contributed by atoms with E-state index in [-0.39, 0.29) is 17.8 Å². The van der Waals surface area contributed by atoms with Gasteiger partial charge in [0.25, 0.3) is 11.7 Å². The standard InChI is InChI=1S/C21H19N5O/c1-14-8-10-17(11-9-14)18(16-6-4-3-5-7-16)23-20(27)19-24-21-22-13-12-15(2)26(21)25-19/h3-13,18H,1-2H3,(H,23,27)/t18-/m1/s1. The summed E-state index contributed by atoms with van der Waals surface area (Å²) in [6.07, 6.45) is 1.65. The summed E-state index contributed by atoms with van der Waals surface area (Å²) in [5.74, 6) is 0.172. The number of nitrogens with one attached hydrogen (secondary N) is 1. The number of amides is 1. The fourth-order valence-corrected chi connectivity index (χ4v) is 2.96. The Morgan fingerprint density at radius 2 is 1.67 bits per heavy atom. The summed E-state index contributed by atoms with van der Waals surface area (Å²) in [4.78, 5) is 21.3. The summed E-state index contributed by atoms with van der Waals surface area (Å²) >= 11 is 0. The monoisotopic (exact) mass is 357 g/mol. The van der Waals surface area contributed by atoms with Crippen molar-refractivity contribution in [1.82, 2.24) is 24.9 Å². The van der Waals surface area contributed by atoms with Crippen LogP contribution in [0, 0.1) is 13.8 Å². The van der Waals surface area contributed by atoms with Crippen LogP contribution in [0.15, 0.2) is 66.9 Å². The molecule has 0 saturated heterocycles. The van der Waals surface area contributed by atoms with Crippen LogP contribution in [-0.2, 0) is 0 Å². The minimum Gasteiger partial charge on any atom is -0.338 e. The van der Waals surface area contributed by atoms with Crippen LogP contribution in [0.2, 0.25) is 0 Å². The first-order chi connectivity index (χ1) is 13.1. The van der Waals surface area contributed by atoms with E-state index < -0.39 is 0 Å². The van der Waals surface area contributed by atoms with Gasteiger partial charge in [-0.25, -0.2) is 9.50 Å². The van der Waals surface area contributed by atoms with Crippen molar-refractivity contribution in [2.45, 2.75) is 19.9 Å². The van der Waals surface area contributed by atoms with Gasteiger partial charge in [-0.2, -0.15) is 4.98 Å². The third-order valence-electron chi connectivity index (χ3n) is 4.45. The number of fused-ring (bicyclic) bond motifs is 1. The molecule has 0 aliphatic carbocycles. The van der Waals surface area contributed by atoms with Gasteiger partial charge >= 0.3 is 0 Å². The van der Waals surface area contributed by atoms with E-state index in [0.717, 1.165) is 16.8 Å². The molecular weight excluding hydrogens is 338 g/mol. The SMILES string of the molecule is Cc1ccc([C@H](NC(=O)c2nc3nccc(C)n3n2)c2ccccc2)cc1. The van der Waals surface area contributed by atoms with Crippen LogP contribution in [0.25, 0.3) is 5.78 Å². The molecule has 0 aliphatic heterocycles. The van der Waals surface area contributed by atoms with Gasteiger partial charge in [0.05, 0.1) is 6.04 Å². The molecule has 4 rings (SSSR count). The van der Waals surface area contributed by atoms with Crippen molar-refractivity contribution >= 4 is 11.7 Å². The second kappa shape index (κ2) is 6.99. The summed E-state index contributed by atoms with van der Waals surface area (Å²) < 4.78 is 1.57. The number of carbonyl (C=O) groups excluding carboxylic acids is 1. The molecule has 0 bridgehead atoms. The van der Waals surface area contributed by atoms with Gasteiger partial charge in [0.15, 0.2) is 0 Å². The Morgan fingerprint density at radius 1 is 0.963 bits per heavy atom. The number of hydrogen-bond acceptors (Lipinski definition) is 4. The lowest BCUT2D eigenvalue weighted by Gasteiger charge is -2.19. The van der Waals surface area contributed by atoms with Crippen LogP contribution in [0.3, 0.4) is 0 Å². The molecule has 6 nitrogen and oxygen atoms in total. The largest absolute Gasteiger partial charge is 0.338 e. The molecule has 2 aromatic carbocycles. The number of hydrogen-bond donors (Lipinski definition) is 1. The van der Waals surface area contributed by atoms with Gasteiger partial charge in [-0.1, -0.05) is 60.2 Å². The average molecular weight is 357 g/mol. The highest BCUT2D eigenvalue weighted by atomic mass is 16.2. The summed E-state index contributed by atoms with van der Waals surface area (Å²) in [5.41, 5.74) is 4.02. The number of carbonyl (C=O) groups is 1. The topological polar surface area (TPSA) is 72.2 Å². The summed E-state index contributed by atoms with van der Waals surface area (Å²) in [7, 11) is 0. The molecule has 1 atom stereocenters. The lowest BCUT2D eigenvalue weighted by molar-refractivity contribution is 0.0932. The van der Waals surface area contributed by atoms with Crippen LogP contribution < -0.4 is 5.32 Å². The number of aryl methyl sites for hydroxylation is 2. The van der Waals surface area contributed by atoms with Crippen LogP contribution in [0.5, 0.6) is 0 Å². The van der Waals surface area contributed by atoms with E-state index in [4.69, 9.17) is 0 Å². The molecule has 0 aliphatic rings. The maximum atomic E-state index is 12.9. The Labute approximate surface area is 156 Å². The Bertz CT molecular complexity index is 1090. The number of aromatic nitrogens is 4. The second-order valence-corrected chi connectivity index (χ2v) is 6.46. The first-order valence-electron chi connectivity index (χ1n) is 8.72. The van der Waals surface area contributed by atoms with E-state index in [2.05, 4.69) is 20.4 Å². The van der Waals surface area contributed by atoms with Gasteiger partial charge in [0.2, 0.25) is 5.82 Å². The molecule has 4 aromatic rings. The predicted octanol–water partition coefficient (Wildman–Crippen LogP) is 3.26. The number of benzene rings is 2. The fraction of sp³-hybridized carbons (Fsp3) is 0.143. The third-order valence-corrected chi connectivity index (χ3v) is 4.45. The highest BCUT2D eigenvalue weighted by Gasteiger charge is 2.21. The fourth-order valence-electron chi connectivity index (χ4n) is 2.96.